The maximum absolute atomic E-state index is 13.5. The summed E-state index contributed by atoms with van der Waals surface area (Å²) in [4.78, 5) is 18.5. The highest BCUT2D eigenvalue weighted by Crippen LogP contribution is 2.35. The Balaban J connectivity index is 2.19. The molecule has 1 heterocycles. The Labute approximate surface area is 165 Å². The van der Waals surface area contributed by atoms with E-state index in [-0.39, 0.29) is 24.7 Å². The first-order valence-corrected chi connectivity index (χ1v) is 9.05. The number of amides is 1. The monoisotopic (exact) mass is 383 g/mol. The molecule has 1 saturated heterocycles. The van der Waals surface area contributed by atoms with Crippen molar-refractivity contribution in [2.75, 3.05) is 6.54 Å². The number of nitrogens with two attached hydrogens (primary N) is 1. The van der Waals surface area contributed by atoms with E-state index in [9.17, 15) is 14.3 Å². The van der Waals surface area contributed by atoms with Crippen LogP contribution in [-0.2, 0) is 10.4 Å². The molecule has 1 amide bonds. The van der Waals surface area contributed by atoms with Gasteiger partial charge in [-0.05, 0) is 49.6 Å². The first-order valence-electron chi connectivity index (χ1n) is 9.05. The zero-order valence-corrected chi connectivity index (χ0v) is 16.2. The second kappa shape index (κ2) is 9.28. The number of piperidine rings is 1. The first kappa shape index (κ1) is 21.3. The summed E-state index contributed by atoms with van der Waals surface area (Å²) in [6.45, 7) is 7.42. The number of aliphatic imine (C=N–C) groups is 1. The first-order chi connectivity index (χ1) is 13.3. The summed E-state index contributed by atoms with van der Waals surface area (Å²) in [7, 11) is 0. The van der Waals surface area contributed by atoms with Crippen molar-refractivity contribution in [2.24, 2.45) is 10.7 Å². The summed E-state index contributed by atoms with van der Waals surface area (Å²) < 4.78 is 13.5. The topological polar surface area (TPSA) is 78.9 Å². The lowest BCUT2D eigenvalue weighted by Crippen LogP contribution is -2.46. The number of allylic oxidation sites excluding steroid dienone is 5. The van der Waals surface area contributed by atoms with Crippen LogP contribution < -0.4 is 5.73 Å². The normalized spacial score (nSPS) is 21.7. The van der Waals surface area contributed by atoms with E-state index in [1.54, 1.807) is 31.2 Å². The molecule has 1 fully saturated rings. The van der Waals surface area contributed by atoms with Gasteiger partial charge in [-0.1, -0.05) is 30.9 Å². The van der Waals surface area contributed by atoms with Gasteiger partial charge in [-0.25, -0.2) is 4.39 Å². The number of rotatable bonds is 6. The number of hydrogen-bond donors (Lipinski definition) is 2. The maximum atomic E-state index is 13.5. The molecule has 0 aliphatic carbocycles. The van der Waals surface area contributed by atoms with Crippen LogP contribution in [0.25, 0.3) is 0 Å². The van der Waals surface area contributed by atoms with E-state index >= 15 is 0 Å². The molecule has 3 N–H and O–H groups in total. The SMILES string of the molecule is C=C/C=C(\C=C/C)/N=C\C(=C/N)N1CCC(O)(c2ccc(F)c(C)c2)CC1=O. The van der Waals surface area contributed by atoms with Crippen molar-refractivity contribution in [1.82, 2.24) is 4.90 Å². The Morgan fingerprint density at radius 2 is 2.21 bits per heavy atom. The van der Waals surface area contributed by atoms with Gasteiger partial charge in [0.15, 0.2) is 0 Å². The Bertz CT molecular complexity index is 871. The number of carbonyl (C=O) groups excluding carboxylic acids is 1. The van der Waals surface area contributed by atoms with Crippen LogP contribution in [0.5, 0.6) is 0 Å². The molecule has 148 valence electrons. The summed E-state index contributed by atoms with van der Waals surface area (Å²) in [5.41, 5.74) is 6.46. The van der Waals surface area contributed by atoms with Crippen LogP contribution in [0, 0.1) is 12.7 Å². The van der Waals surface area contributed by atoms with Gasteiger partial charge in [-0.3, -0.25) is 9.79 Å². The lowest BCUT2D eigenvalue weighted by molar-refractivity contribution is -0.141. The largest absolute Gasteiger partial charge is 0.403 e. The number of benzene rings is 1. The molecule has 0 spiro atoms. The molecule has 1 aliphatic heterocycles. The van der Waals surface area contributed by atoms with E-state index in [0.717, 1.165) is 0 Å². The predicted octanol–water partition coefficient (Wildman–Crippen LogP) is 3.46. The van der Waals surface area contributed by atoms with E-state index < -0.39 is 5.60 Å². The second-order valence-electron chi connectivity index (χ2n) is 6.64. The number of likely N-dealkylation sites (tertiary alicyclic amines) is 1. The molecule has 0 radical (unpaired) electrons. The van der Waals surface area contributed by atoms with Crippen molar-refractivity contribution in [3.63, 3.8) is 0 Å². The molecule has 6 heteroatoms. The average Bonchev–Trinajstić information content (AvgIpc) is 2.66. The highest BCUT2D eigenvalue weighted by Gasteiger charge is 2.39. The van der Waals surface area contributed by atoms with Crippen LogP contribution in [0.15, 0.2) is 71.7 Å². The summed E-state index contributed by atoms with van der Waals surface area (Å²) in [6.07, 6.45) is 10.0. The van der Waals surface area contributed by atoms with E-state index in [2.05, 4.69) is 11.6 Å². The number of nitrogens with zero attached hydrogens (tertiary/aromatic N) is 2. The minimum Gasteiger partial charge on any atom is -0.403 e. The molecule has 1 unspecified atom stereocenters. The lowest BCUT2D eigenvalue weighted by atomic mass is 9.83. The van der Waals surface area contributed by atoms with E-state index in [0.29, 0.717) is 28.9 Å². The third-order valence-electron chi connectivity index (χ3n) is 4.64. The molecular weight excluding hydrogens is 357 g/mol. The summed E-state index contributed by atoms with van der Waals surface area (Å²) in [5.74, 6) is -0.621. The Hall–Kier alpha value is -2.99. The Morgan fingerprint density at radius 3 is 2.79 bits per heavy atom. The minimum atomic E-state index is -1.33. The fourth-order valence-electron chi connectivity index (χ4n) is 3.09. The number of hydrogen-bond acceptors (Lipinski definition) is 4. The average molecular weight is 383 g/mol. The van der Waals surface area contributed by atoms with Crippen LogP contribution in [0.2, 0.25) is 0 Å². The highest BCUT2D eigenvalue weighted by atomic mass is 19.1. The number of carbonyl (C=O) groups is 1. The van der Waals surface area contributed by atoms with Gasteiger partial charge in [0.05, 0.1) is 24.0 Å². The maximum Gasteiger partial charge on any atom is 0.230 e. The van der Waals surface area contributed by atoms with Gasteiger partial charge >= 0.3 is 0 Å². The fourth-order valence-corrected chi connectivity index (χ4v) is 3.09. The van der Waals surface area contributed by atoms with Crippen molar-refractivity contribution in [2.45, 2.75) is 32.3 Å². The molecule has 1 aromatic carbocycles. The zero-order chi connectivity index (χ0) is 20.7. The van der Waals surface area contributed by atoms with Gasteiger partial charge in [0.2, 0.25) is 5.91 Å². The van der Waals surface area contributed by atoms with E-state index in [1.807, 2.05) is 13.0 Å². The van der Waals surface area contributed by atoms with Crippen LogP contribution in [0.4, 0.5) is 4.39 Å². The molecule has 2 rings (SSSR count). The van der Waals surface area contributed by atoms with Gasteiger partial charge in [0.1, 0.15) is 11.4 Å². The number of aryl methyl sites for hydroxylation is 1. The van der Waals surface area contributed by atoms with Gasteiger partial charge < -0.3 is 15.7 Å². The molecular formula is C22H26FN3O2. The fraction of sp³-hybridized carbons (Fsp3) is 0.273. The van der Waals surface area contributed by atoms with E-state index in [4.69, 9.17) is 5.73 Å². The third kappa shape index (κ3) is 4.84. The smallest absolute Gasteiger partial charge is 0.230 e. The predicted molar refractivity (Wildman–Crippen MR) is 110 cm³/mol. The minimum absolute atomic E-state index is 0.118. The molecule has 1 aliphatic rings. The molecule has 0 bridgehead atoms. The van der Waals surface area contributed by atoms with Crippen molar-refractivity contribution >= 4 is 12.1 Å². The van der Waals surface area contributed by atoms with Crippen LogP contribution in [0.1, 0.15) is 30.9 Å². The van der Waals surface area contributed by atoms with Crippen molar-refractivity contribution in [3.8, 4) is 0 Å². The van der Waals surface area contributed by atoms with Crippen molar-refractivity contribution in [3.05, 3.63) is 83.6 Å². The quantitative estimate of drug-likeness (QED) is 0.583. The van der Waals surface area contributed by atoms with Gasteiger partial charge in [-0.2, -0.15) is 0 Å². The lowest BCUT2D eigenvalue weighted by Gasteiger charge is -2.38. The highest BCUT2D eigenvalue weighted by molar-refractivity contribution is 5.89. The Morgan fingerprint density at radius 1 is 1.46 bits per heavy atom. The molecule has 0 saturated carbocycles. The summed E-state index contributed by atoms with van der Waals surface area (Å²) >= 11 is 0. The molecule has 28 heavy (non-hydrogen) atoms. The molecule has 5 nitrogen and oxygen atoms in total. The number of aliphatic hydroxyl groups is 1. The van der Waals surface area contributed by atoms with Gasteiger partial charge in [-0.15, -0.1) is 0 Å². The van der Waals surface area contributed by atoms with Gasteiger partial charge in [0, 0.05) is 12.7 Å². The van der Waals surface area contributed by atoms with Gasteiger partial charge in [0.25, 0.3) is 0 Å². The van der Waals surface area contributed by atoms with Crippen LogP contribution >= 0.6 is 0 Å². The van der Waals surface area contributed by atoms with Crippen molar-refractivity contribution < 1.29 is 14.3 Å². The number of halogens is 1. The Kier molecular flexibility index (Phi) is 7.06. The summed E-state index contributed by atoms with van der Waals surface area (Å²) in [6, 6.07) is 4.42. The standard InChI is InChI=1S/C22H26FN3O2/c1-4-6-18(7-5-2)25-15-19(14-24)26-11-10-22(28,13-21(26)27)17-8-9-20(23)16(3)12-17/h4-9,12,14-15,28H,1,10-11,13,24H2,2-3H3/b7-5-,18-6+,19-14+,25-15-. The van der Waals surface area contributed by atoms with Crippen molar-refractivity contribution in [1.29, 1.82) is 0 Å². The molecule has 1 atom stereocenters. The molecule has 0 aromatic heterocycles. The van der Waals surface area contributed by atoms with Crippen LogP contribution in [0.3, 0.4) is 0 Å². The molecule has 1 aromatic rings. The zero-order valence-electron chi connectivity index (χ0n) is 16.2. The summed E-state index contributed by atoms with van der Waals surface area (Å²) in [5, 5.41) is 11.0. The van der Waals surface area contributed by atoms with Crippen LogP contribution in [-0.4, -0.2) is 28.7 Å². The second-order valence-corrected chi connectivity index (χ2v) is 6.64. The van der Waals surface area contributed by atoms with E-state index in [1.165, 1.54) is 29.4 Å². The third-order valence-corrected chi connectivity index (χ3v) is 4.64.